The van der Waals surface area contributed by atoms with Crippen molar-refractivity contribution in [1.82, 2.24) is 20.3 Å². The molecule has 1 saturated carbocycles. The summed E-state index contributed by atoms with van der Waals surface area (Å²) in [6.45, 7) is 1.82. The molecule has 9 heteroatoms. The second-order valence-corrected chi connectivity index (χ2v) is 9.79. The first-order chi connectivity index (χ1) is 19.0. The van der Waals surface area contributed by atoms with E-state index in [2.05, 4.69) is 15.6 Å². The number of hydrogen-bond acceptors (Lipinski definition) is 6. The van der Waals surface area contributed by atoms with E-state index in [9.17, 15) is 9.59 Å². The first-order valence-electron chi connectivity index (χ1n) is 13.2. The van der Waals surface area contributed by atoms with Crippen LogP contribution in [-0.2, 0) is 16.1 Å². The van der Waals surface area contributed by atoms with Crippen LogP contribution in [0.25, 0.3) is 11.0 Å². The third-order valence-electron chi connectivity index (χ3n) is 7.29. The molecule has 9 nitrogen and oxygen atoms in total. The van der Waals surface area contributed by atoms with E-state index in [0.29, 0.717) is 28.3 Å². The lowest BCUT2D eigenvalue weighted by molar-refractivity contribution is -0.127. The van der Waals surface area contributed by atoms with Crippen LogP contribution in [0, 0.1) is 6.92 Å². The van der Waals surface area contributed by atoms with Gasteiger partial charge in [-0.25, -0.2) is 4.68 Å². The molecule has 0 radical (unpaired) electrons. The third-order valence-corrected chi connectivity index (χ3v) is 7.29. The molecular weight excluding hydrogens is 494 g/mol. The Labute approximate surface area is 227 Å². The maximum Gasteiger partial charge on any atom is 0.249 e. The molecule has 0 unspecified atom stereocenters. The number of benzene rings is 3. The summed E-state index contributed by atoms with van der Waals surface area (Å²) in [5.41, 5.74) is 3.45. The number of amides is 2. The quantitative estimate of drug-likeness (QED) is 0.342. The molecular formula is C30H33N5O4. The summed E-state index contributed by atoms with van der Waals surface area (Å²) in [7, 11) is 3.12. The smallest absolute Gasteiger partial charge is 0.249 e. The number of methoxy groups -OCH3 is 2. The number of fused-ring (bicyclic) bond motifs is 1. The summed E-state index contributed by atoms with van der Waals surface area (Å²) in [4.78, 5) is 30.0. The fraction of sp³-hybridized carbons (Fsp3) is 0.333. The zero-order chi connectivity index (χ0) is 27.4. The van der Waals surface area contributed by atoms with Gasteiger partial charge < -0.3 is 14.8 Å². The van der Waals surface area contributed by atoms with Crippen LogP contribution in [0.3, 0.4) is 0 Å². The number of aromatic nitrogens is 3. The fourth-order valence-electron chi connectivity index (χ4n) is 5.29. The molecule has 202 valence electrons. The lowest BCUT2D eigenvalue weighted by Crippen LogP contribution is -2.47. The highest BCUT2D eigenvalue weighted by Crippen LogP contribution is 2.37. The molecule has 1 heterocycles. The Balaban J connectivity index is 1.64. The minimum Gasteiger partial charge on any atom is -0.497 e. The van der Waals surface area contributed by atoms with Gasteiger partial charge in [-0.2, -0.15) is 0 Å². The second kappa shape index (κ2) is 11.6. The summed E-state index contributed by atoms with van der Waals surface area (Å²) < 4.78 is 12.8. The molecule has 0 aliphatic heterocycles. The molecule has 1 aromatic heterocycles. The largest absolute Gasteiger partial charge is 0.497 e. The van der Waals surface area contributed by atoms with E-state index in [1.807, 2.05) is 55.5 Å². The normalized spacial score (nSPS) is 14.2. The zero-order valence-electron chi connectivity index (χ0n) is 22.5. The van der Waals surface area contributed by atoms with Crippen molar-refractivity contribution >= 4 is 28.5 Å². The highest BCUT2D eigenvalue weighted by Gasteiger charge is 2.37. The first-order valence-corrected chi connectivity index (χ1v) is 13.2. The highest BCUT2D eigenvalue weighted by atomic mass is 16.5. The van der Waals surface area contributed by atoms with Crippen LogP contribution in [0.15, 0.2) is 66.7 Å². The third kappa shape index (κ3) is 5.43. The molecule has 0 bridgehead atoms. The van der Waals surface area contributed by atoms with Crippen molar-refractivity contribution in [2.24, 2.45) is 0 Å². The van der Waals surface area contributed by atoms with Crippen LogP contribution < -0.4 is 19.7 Å². The van der Waals surface area contributed by atoms with Crippen LogP contribution in [0.5, 0.6) is 11.5 Å². The number of hydrogen-bond donors (Lipinski definition) is 1. The number of anilines is 1. The Morgan fingerprint density at radius 3 is 2.51 bits per heavy atom. The molecule has 2 amide bonds. The molecule has 5 rings (SSSR count). The van der Waals surface area contributed by atoms with Crippen LogP contribution in [0.4, 0.5) is 5.69 Å². The average molecular weight is 528 g/mol. The van der Waals surface area contributed by atoms with Crippen molar-refractivity contribution < 1.29 is 19.1 Å². The minimum atomic E-state index is -1.01. The summed E-state index contributed by atoms with van der Waals surface area (Å²) >= 11 is 0. The van der Waals surface area contributed by atoms with Crippen LogP contribution >= 0.6 is 0 Å². The maximum absolute atomic E-state index is 14.3. The maximum atomic E-state index is 14.3. The Morgan fingerprint density at radius 2 is 1.77 bits per heavy atom. The van der Waals surface area contributed by atoms with Gasteiger partial charge in [0, 0.05) is 17.3 Å². The van der Waals surface area contributed by atoms with Gasteiger partial charge in [0.1, 0.15) is 29.6 Å². The van der Waals surface area contributed by atoms with E-state index in [-0.39, 0.29) is 24.4 Å². The Kier molecular flexibility index (Phi) is 7.76. The van der Waals surface area contributed by atoms with Gasteiger partial charge in [-0.1, -0.05) is 48.4 Å². The predicted octanol–water partition coefficient (Wildman–Crippen LogP) is 4.59. The first kappa shape index (κ1) is 26.2. The molecule has 0 spiro atoms. The number of ether oxygens (including phenoxy) is 2. The van der Waals surface area contributed by atoms with Gasteiger partial charge in [0.25, 0.3) is 0 Å². The molecule has 0 saturated heterocycles. The summed E-state index contributed by atoms with van der Waals surface area (Å²) in [5.74, 6) is 0.466. The summed E-state index contributed by atoms with van der Waals surface area (Å²) in [5, 5.41) is 11.6. The number of para-hydroxylation sites is 2. The van der Waals surface area contributed by atoms with Crippen molar-refractivity contribution in [3.63, 3.8) is 0 Å². The molecule has 1 aliphatic carbocycles. The molecule has 1 aliphatic rings. The van der Waals surface area contributed by atoms with E-state index in [1.165, 1.54) is 0 Å². The molecule has 1 fully saturated rings. The van der Waals surface area contributed by atoms with Crippen molar-refractivity contribution in [2.45, 2.75) is 51.2 Å². The van der Waals surface area contributed by atoms with Crippen LogP contribution in [0.1, 0.15) is 42.9 Å². The van der Waals surface area contributed by atoms with Gasteiger partial charge in [0.2, 0.25) is 11.8 Å². The predicted molar refractivity (Wildman–Crippen MR) is 149 cm³/mol. The van der Waals surface area contributed by atoms with Crippen molar-refractivity contribution in [3.8, 4) is 11.5 Å². The number of nitrogens with zero attached hydrogens (tertiary/aromatic N) is 4. The number of carbonyl (C=O) groups excluding carboxylic acids is 2. The van der Waals surface area contributed by atoms with Crippen molar-refractivity contribution in [2.75, 3.05) is 19.1 Å². The summed E-state index contributed by atoms with van der Waals surface area (Å²) in [6.07, 6.45) is 3.96. The average Bonchev–Trinajstić information content (AvgIpc) is 3.62. The van der Waals surface area contributed by atoms with Gasteiger partial charge >= 0.3 is 0 Å². The number of nitrogens with one attached hydrogen (secondary N) is 1. The van der Waals surface area contributed by atoms with E-state index in [0.717, 1.165) is 36.8 Å². The van der Waals surface area contributed by atoms with E-state index < -0.39 is 6.04 Å². The van der Waals surface area contributed by atoms with Crippen molar-refractivity contribution in [3.05, 3.63) is 77.9 Å². The SMILES string of the molecule is COc1ccc(OC)c([C@H](C(=O)NC2CCCC2)N(C(=O)Cn2nnc3ccccc32)c2ccccc2C)c1. The molecule has 4 aromatic rings. The number of rotatable bonds is 9. The topological polar surface area (TPSA) is 98.6 Å². The molecule has 1 N–H and O–H groups in total. The molecule has 3 aromatic carbocycles. The van der Waals surface area contributed by atoms with Crippen LogP contribution in [-0.4, -0.2) is 47.1 Å². The Hall–Kier alpha value is -4.40. The number of aryl methyl sites for hydroxylation is 1. The zero-order valence-corrected chi connectivity index (χ0v) is 22.5. The highest BCUT2D eigenvalue weighted by molar-refractivity contribution is 6.02. The van der Waals surface area contributed by atoms with E-state index in [4.69, 9.17) is 9.47 Å². The fourth-order valence-corrected chi connectivity index (χ4v) is 5.29. The number of carbonyl (C=O) groups is 2. The lowest BCUT2D eigenvalue weighted by atomic mass is 9.99. The van der Waals surface area contributed by atoms with Gasteiger partial charge in [-0.05, 0) is 61.7 Å². The standard InChI is InChI=1S/C30H33N5O4/c1-20-10-4-8-14-25(20)35(28(36)19-34-26-15-9-7-13-24(26)32-33-34)29(30(37)31-21-11-5-6-12-21)23-18-22(38-2)16-17-27(23)39-3/h4,7-10,13-18,21,29H,5-6,11-12,19H2,1-3H3,(H,31,37)/t29-/m1/s1. The molecule has 39 heavy (non-hydrogen) atoms. The second-order valence-electron chi connectivity index (χ2n) is 9.79. The lowest BCUT2D eigenvalue weighted by Gasteiger charge is -2.34. The van der Waals surface area contributed by atoms with Gasteiger partial charge in [-0.15, -0.1) is 5.10 Å². The van der Waals surface area contributed by atoms with Gasteiger partial charge in [0.05, 0.1) is 19.7 Å². The Bertz CT molecular complexity index is 1480. The minimum absolute atomic E-state index is 0.0599. The van der Waals surface area contributed by atoms with Crippen LogP contribution in [0.2, 0.25) is 0 Å². The monoisotopic (exact) mass is 527 g/mol. The summed E-state index contributed by atoms with van der Waals surface area (Å²) in [6, 6.07) is 19.4. The van der Waals surface area contributed by atoms with Crippen molar-refractivity contribution in [1.29, 1.82) is 0 Å². The molecule has 1 atom stereocenters. The van der Waals surface area contributed by atoms with Gasteiger partial charge in [0.15, 0.2) is 0 Å². The van der Waals surface area contributed by atoms with E-state index in [1.54, 1.807) is 42.0 Å². The van der Waals surface area contributed by atoms with Gasteiger partial charge in [-0.3, -0.25) is 14.5 Å². The Morgan fingerprint density at radius 1 is 1.03 bits per heavy atom. The van der Waals surface area contributed by atoms with E-state index >= 15 is 0 Å².